The lowest BCUT2D eigenvalue weighted by atomic mass is 11.2. The molecule has 0 aromatic carbocycles. The highest BCUT2D eigenvalue weighted by atomic mass is 16.6. The first-order chi connectivity index (χ1) is 2.77. The lowest BCUT2D eigenvalue weighted by molar-refractivity contribution is 0.205. The quantitative estimate of drug-likeness (QED) is 0.424. The van der Waals surface area contributed by atoms with Crippen molar-refractivity contribution in [1.29, 1.82) is 0 Å². The molecule has 0 spiro atoms. The molecule has 4 heteroatoms. The van der Waals surface area contributed by atoms with Gasteiger partial charge in [0.05, 0.1) is 0 Å². The molecule has 0 aromatic heterocycles. The molecule has 0 rings (SSSR count). The highest BCUT2D eigenvalue weighted by Gasteiger charge is 1.85. The number of primary amides is 1. The highest BCUT2D eigenvalue weighted by Crippen LogP contribution is 1.57. The summed E-state index contributed by atoms with van der Waals surface area (Å²) in [5, 5.41) is 0. The minimum atomic E-state index is -1.13. The molecular formula is C2H2NO3. The van der Waals surface area contributed by atoms with Crippen LogP contribution in [0.1, 0.15) is 0 Å². The van der Waals surface area contributed by atoms with Crippen molar-refractivity contribution in [3.63, 3.8) is 0 Å². The van der Waals surface area contributed by atoms with Crippen molar-refractivity contribution in [2.45, 2.75) is 0 Å². The average molecular weight is 88.0 g/mol. The van der Waals surface area contributed by atoms with Gasteiger partial charge in [0.25, 0.3) is 0 Å². The first kappa shape index (κ1) is 4.94. The van der Waals surface area contributed by atoms with Gasteiger partial charge in [0.15, 0.2) is 0 Å². The third-order valence-corrected chi connectivity index (χ3v) is 0.142. The van der Waals surface area contributed by atoms with Gasteiger partial charge in [0.2, 0.25) is 0 Å². The fourth-order valence-corrected chi connectivity index (χ4v) is 0.0411. The molecule has 0 unspecified atom stereocenters. The molecule has 0 saturated carbocycles. The fraction of sp³-hybridized carbons (Fsp3) is 0. The smallest absolute Gasteiger partial charge is 0.368 e. The van der Waals surface area contributed by atoms with Crippen molar-refractivity contribution < 1.29 is 14.3 Å². The normalized spacial score (nSPS) is 6.67. The summed E-state index contributed by atoms with van der Waals surface area (Å²) in [6, 6.07) is 0. The van der Waals surface area contributed by atoms with Crippen LogP contribution in [0.3, 0.4) is 0 Å². The molecule has 0 saturated heterocycles. The van der Waals surface area contributed by atoms with Crippen LogP contribution in [0.5, 0.6) is 0 Å². The number of hydrogen-bond donors (Lipinski definition) is 1. The third-order valence-electron chi connectivity index (χ3n) is 0.142. The number of carbonyl (C=O) groups excluding carboxylic acids is 2. The second-order valence-corrected chi connectivity index (χ2v) is 0.504. The highest BCUT2D eigenvalue weighted by molar-refractivity contribution is 5.72. The fourth-order valence-electron chi connectivity index (χ4n) is 0.0411. The molecule has 2 N–H and O–H groups in total. The van der Waals surface area contributed by atoms with E-state index in [1.807, 2.05) is 0 Å². The molecule has 1 radical (unpaired) electrons. The first-order valence-electron chi connectivity index (χ1n) is 1.11. The van der Waals surface area contributed by atoms with Gasteiger partial charge in [-0.25, -0.2) is 9.59 Å². The zero-order chi connectivity index (χ0) is 4.99. The van der Waals surface area contributed by atoms with E-state index in [0.29, 0.717) is 0 Å². The van der Waals surface area contributed by atoms with Gasteiger partial charge in [-0.05, 0) is 0 Å². The van der Waals surface area contributed by atoms with E-state index in [2.05, 4.69) is 10.5 Å². The Balaban J connectivity index is 3.05. The molecule has 0 aliphatic carbocycles. The maximum Gasteiger partial charge on any atom is 0.426 e. The number of nitrogens with two attached hydrogens (primary N) is 1. The van der Waals surface area contributed by atoms with Crippen LogP contribution in [-0.4, -0.2) is 12.6 Å². The zero-order valence-corrected chi connectivity index (χ0v) is 2.80. The molecule has 33 valence electrons. The maximum atomic E-state index is 9.34. The molecule has 4 nitrogen and oxygen atoms in total. The van der Waals surface area contributed by atoms with Crippen LogP contribution in [-0.2, 0) is 9.53 Å². The second-order valence-electron chi connectivity index (χ2n) is 0.504. The molecule has 0 heterocycles. The number of hydrogen-bond acceptors (Lipinski definition) is 3. The van der Waals surface area contributed by atoms with Crippen molar-refractivity contribution in [2.24, 2.45) is 5.73 Å². The van der Waals surface area contributed by atoms with Crippen LogP contribution in [0, 0.1) is 0 Å². The first-order valence-corrected chi connectivity index (χ1v) is 1.11. The van der Waals surface area contributed by atoms with Crippen LogP contribution in [0.15, 0.2) is 0 Å². The molecule has 0 fully saturated rings. The number of rotatable bonds is 1. The number of ether oxygens (including phenoxy) is 1. The van der Waals surface area contributed by atoms with E-state index in [1.54, 1.807) is 0 Å². The Morgan fingerprint density at radius 2 is 2.33 bits per heavy atom. The zero-order valence-electron chi connectivity index (χ0n) is 2.80. The SMILES string of the molecule is NC(=O)O[C]=O. The van der Waals surface area contributed by atoms with Gasteiger partial charge in [-0.3, -0.25) is 0 Å². The van der Waals surface area contributed by atoms with Gasteiger partial charge < -0.3 is 10.5 Å². The molecular weight excluding hydrogens is 86.0 g/mol. The van der Waals surface area contributed by atoms with Gasteiger partial charge in [0, 0.05) is 0 Å². The molecule has 1 amide bonds. The summed E-state index contributed by atoms with van der Waals surface area (Å²) in [4.78, 5) is 18.3. The van der Waals surface area contributed by atoms with Gasteiger partial charge >= 0.3 is 12.6 Å². The monoisotopic (exact) mass is 88.0 g/mol. The van der Waals surface area contributed by atoms with E-state index in [4.69, 9.17) is 4.79 Å². The summed E-state index contributed by atoms with van der Waals surface area (Å²) in [6.07, 6.45) is -1.13. The summed E-state index contributed by atoms with van der Waals surface area (Å²) in [6.45, 7) is 0.843. The maximum absolute atomic E-state index is 9.34. The molecule has 0 aliphatic rings. The van der Waals surface area contributed by atoms with Gasteiger partial charge in [-0.15, -0.1) is 0 Å². The predicted octanol–water partition coefficient (Wildman–Crippen LogP) is -0.851. The van der Waals surface area contributed by atoms with Crippen LogP contribution in [0.2, 0.25) is 0 Å². The summed E-state index contributed by atoms with van der Waals surface area (Å²) in [7, 11) is 0. The van der Waals surface area contributed by atoms with E-state index in [9.17, 15) is 4.79 Å². The molecule has 0 bridgehead atoms. The average Bonchev–Trinajstić information content (AvgIpc) is 1.35. The minimum Gasteiger partial charge on any atom is -0.368 e. The Bertz CT molecular complexity index is 69.2. The number of carbonyl (C=O) groups is 1. The van der Waals surface area contributed by atoms with Gasteiger partial charge in [0.1, 0.15) is 0 Å². The Labute approximate surface area is 33.9 Å². The minimum absolute atomic E-state index is 0.843. The van der Waals surface area contributed by atoms with Crippen LogP contribution >= 0.6 is 0 Å². The summed E-state index contributed by atoms with van der Waals surface area (Å²) < 4.78 is 3.38. The Morgan fingerprint density at radius 3 is 2.33 bits per heavy atom. The van der Waals surface area contributed by atoms with Crippen molar-refractivity contribution >= 4 is 12.6 Å². The van der Waals surface area contributed by atoms with Crippen molar-refractivity contribution in [1.82, 2.24) is 0 Å². The third kappa shape index (κ3) is 2.94. The summed E-state index contributed by atoms with van der Waals surface area (Å²) in [5.41, 5.74) is 4.28. The number of amides is 1. The lowest BCUT2D eigenvalue weighted by Gasteiger charge is -1.77. The van der Waals surface area contributed by atoms with Crippen LogP contribution < -0.4 is 5.73 Å². The molecule has 0 atom stereocenters. The Kier molecular flexibility index (Phi) is 1.81. The van der Waals surface area contributed by atoms with Crippen LogP contribution in [0.4, 0.5) is 4.79 Å². The van der Waals surface area contributed by atoms with Crippen molar-refractivity contribution in [3.8, 4) is 0 Å². The molecule has 0 aromatic rings. The summed E-state index contributed by atoms with van der Waals surface area (Å²) in [5.74, 6) is 0. The Hall–Kier alpha value is -1.06. The molecule has 0 aliphatic heterocycles. The standard InChI is InChI=1S/C2H2NO3/c3-2(5)6-1-4/h(H2,3,5). The van der Waals surface area contributed by atoms with Gasteiger partial charge in [-0.1, -0.05) is 0 Å². The van der Waals surface area contributed by atoms with E-state index in [0.717, 1.165) is 6.47 Å². The van der Waals surface area contributed by atoms with E-state index < -0.39 is 6.09 Å². The largest absolute Gasteiger partial charge is 0.426 e. The summed E-state index contributed by atoms with van der Waals surface area (Å²) >= 11 is 0. The van der Waals surface area contributed by atoms with Gasteiger partial charge in [-0.2, -0.15) is 0 Å². The van der Waals surface area contributed by atoms with Crippen molar-refractivity contribution in [3.05, 3.63) is 0 Å². The topological polar surface area (TPSA) is 69.4 Å². The second kappa shape index (κ2) is 2.19. The van der Waals surface area contributed by atoms with E-state index in [-0.39, 0.29) is 0 Å². The molecule has 6 heavy (non-hydrogen) atoms. The lowest BCUT2D eigenvalue weighted by Crippen LogP contribution is -2.10. The predicted molar refractivity (Wildman–Crippen MR) is 16.4 cm³/mol. The van der Waals surface area contributed by atoms with E-state index in [1.165, 1.54) is 0 Å². The van der Waals surface area contributed by atoms with Crippen LogP contribution in [0.25, 0.3) is 0 Å². The van der Waals surface area contributed by atoms with Crippen molar-refractivity contribution in [2.75, 3.05) is 0 Å². The van der Waals surface area contributed by atoms with E-state index >= 15 is 0 Å². The Morgan fingerprint density at radius 1 is 1.83 bits per heavy atom.